The van der Waals surface area contributed by atoms with Crippen LogP contribution in [0.4, 0.5) is 9.18 Å². The number of pyridine rings is 1. The molecule has 2 aromatic heterocycles. The van der Waals surface area contributed by atoms with Gasteiger partial charge in [0.2, 0.25) is 0 Å². The lowest BCUT2D eigenvalue weighted by Gasteiger charge is -2.34. The van der Waals surface area contributed by atoms with E-state index in [0.717, 1.165) is 0 Å². The lowest BCUT2D eigenvalue weighted by atomic mass is 10.0. The fourth-order valence-electron chi connectivity index (χ4n) is 4.16. The number of carbonyl (C=O) groups excluding carboxylic acids is 1. The molecule has 8 nitrogen and oxygen atoms in total. The predicted molar refractivity (Wildman–Crippen MR) is 128 cm³/mol. The highest BCUT2D eigenvalue weighted by molar-refractivity contribution is 6.33. The van der Waals surface area contributed by atoms with E-state index in [1.54, 1.807) is 43.9 Å². The van der Waals surface area contributed by atoms with E-state index in [1.807, 2.05) is 0 Å². The zero-order valence-corrected chi connectivity index (χ0v) is 20.2. The number of fused-ring (bicyclic) bond motifs is 1. The lowest BCUT2D eigenvalue weighted by molar-refractivity contribution is 0.0188. The van der Waals surface area contributed by atoms with Crippen LogP contribution in [0.5, 0.6) is 0 Å². The number of nitrogens with zero attached hydrogens (tertiary/aromatic N) is 4. The number of aromatic nitrogens is 3. The fourth-order valence-corrected chi connectivity index (χ4v) is 4.41. The van der Waals surface area contributed by atoms with Crippen LogP contribution in [-0.4, -0.2) is 43.8 Å². The molecule has 1 aromatic carbocycles. The maximum atomic E-state index is 14.5. The minimum Gasteiger partial charge on any atom is -0.444 e. The van der Waals surface area contributed by atoms with Gasteiger partial charge in [0, 0.05) is 31.7 Å². The van der Waals surface area contributed by atoms with Gasteiger partial charge in [0.1, 0.15) is 11.4 Å². The third-order valence-corrected chi connectivity index (χ3v) is 6.13. The van der Waals surface area contributed by atoms with Crippen LogP contribution in [0.1, 0.15) is 39.7 Å². The topological polar surface area (TPSA) is 86.4 Å². The van der Waals surface area contributed by atoms with E-state index in [-0.39, 0.29) is 28.0 Å². The second kappa shape index (κ2) is 8.87. The molecule has 0 saturated carbocycles. The van der Waals surface area contributed by atoms with Crippen LogP contribution in [-0.2, 0) is 11.8 Å². The van der Waals surface area contributed by atoms with Gasteiger partial charge in [0.05, 0.1) is 16.2 Å². The van der Waals surface area contributed by atoms with Gasteiger partial charge in [-0.15, -0.1) is 0 Å². The summed E-state index contributed by atoms with van der Waals surface area (Å²) in [5.74, 6) is -0.499. The molecule has 180 valence electrons. The van der Waals surface area contributed by atoms with E-state index in [1.165, 1.54) is 28.3 Å². The number of hydrogen-bond acceptors (Lipinski definition) is 5. The molecule has 0 spiro atoms. The first-order valence-corrected chi connectivity index (χ1v) is 11.4. The first kappa shape index (κ1) is 23.9. The number of aryl methyl sites for hydroxylation is 1. The van der Waals surface area contributed by atoms with Crippen molar-refractivity contribution in [2.75, 3.05) is 13.1 Å². The van der Waals surface area contributed by atoms with Crippen molar-refractivity contribution in [3.8, 4) is 11.3 Å². The Morgan fingerprint density at radius 3 is 2.41 bits per heavy atom. The first-order chi connectivity index (χ1) is 16.0. The number of rotatable bonds is 2. The molecule has 3 aromatic rings. The van der Waals surface area contributed by atoms with Gasteiger partial charge < -0.3 is 14.2 Å². The Balaban J connectivity index is 1.78. The highest BCUT2D eigenvalue weighted by Gasteiger charge is 2.30. The van der Waals surface area contributed by atoms with Crippen molar-refractivity contribution in [2.45, 2.75) is 45.3 Å². The van der Waals surface area contributed by atoms with Gasteiger partial charge in [-0.05, 0) is 51.8 Å². The standard InChI is InChI=1S/C24H26ClFN4O4/c1-24(2,3)34-23(33)29-11-9-14(10-12-29)30-20-18(28(4)21(31)22(30)32)13-16(25)19(27-20)15-7-5-6-8-17(15)26/h5-8,13-14H,9-12H2,1-4H3. The zero-order chi connectivity index (χ0) is 24.8. The van der Waals surface area contributed by atoms with Crippen LogP contribution in [0.15, 0.2) is 39.9 Å². The van der Waals surface area contributed by atoms with Crippen molar-refractivity contribution >= 4 is 28.9 Å². The summed E-state index contributed by atoms with van der Waals surface area (Å²) in [4.78, 5) is 44.4. The highest BCUT2D eigenvalue weighted by atomic mass is 35.5. The molecule has 10 heteroatoms. The van der Waals surface area contributed by atoms with Crippen LogP contribution in [0.25, 0.3) is 22.4 Å². The third kappa shape index (κ3) is 4.44. The molecule has 0 N–H and O–H groups in total. The maximum Gasteiger partial charge on any atom is 0.410 e. The van der Waals surface area contributed by atoms with E-state index in [0.29, 0.717) is 31.4 Å². The monoisotopic (exact) mass is 488 g/mol. The van der Waals surface area contributed by atoms with Gasteiger partial charge in [0.15, 0.2) is 5.65 Å². The number of piperidine rings is 1. The van der Waals surface area contributed by atoms with Gasteiger partial charge in [-0.1, -0.05) is 23.7 Å². The molecule has 0 radical (unpaired) electrons. The SMILES string of the molecule is Cn1c(=O)c(=O)n(C2CCN(C(=O)OC(C)(C)C)CC2)c2nc(-c3ccccc3F)c(Cl)cc21. The Bertz CT molecular complexity index is 1380. The minimum absolute atomic E-state index is 0.164. The molecule has 1 fully saturated rings. The van der Waals surface area contributed by atoms with Crippen molar-refractivity contribution in [1.29, 1.82) is 0 Å². The summed E-state index contributed by atoms with van der Waals surface area (Å²) in [5, 5.41) is 0.164. The van der Waals surface area contributed by atoms with E-state index in [9.17, 15) is 18.8 Å². The molecule has 0 atom stereocenters. The van der Waals surface area contributed by atoms with Gasteiger partial charge in [0.25, 0.3) is 0 Å². The smallest absolute Gasteiger partial charge is 0.410 e. The molecule has 1 aliphatic heterocycles. The largest absolute Gasteiger partial charge is 0.444 e. The predicted octanol–water partition coefficient (Wildman–Crippen LogP) is 4.13. The maximum absolute atomic E-state index is 14.5. The molecular formula is C24H26ClFN4O4. The highest BCUT2D eigenvalue weighted by Crippen LogP contribution is 2.32. The Kier molecular flexibility index (Phi) is 6.24. The van der Waals surface area contributed by atoms with Crippen LogP contribution >= 0.6 is 11.6 Å². The van der Waals surface area contributed by atoms with Gasteiger partial charge in [-0.2, -0.15) is 0 Å². The quantitative estimate of drug-likeness (QED) is 0.506. The molecular weight excluding hydrogens is 463 g/mol. The number of hydrogen-bond donors (Lipinski definition) is 0. The van der Waals surface area contributed by atoms with Crippen molar-refractivity contribution < 1.29 is 13.9 Å². The summed E-state index contributed by atoms with van der Waals surface area (Å²) >= 11 is 6.43. The third-order valence-electron chi connectivity index (χ3n) is 5.84. The Hall–Kier alpha value is -3.20. The average molecular weight is 489 g/mol. The zero-order valence-electron chi connectivity index (χ0n) is 19.5. The number of carbonyl (C=O) groups is 1. The van der Waals surface area contributed by atoms with Crippen molar-refractivity contribution in [1.82, 2.24) is 19.0 Å². The summed E-state index contributed by atoms with van der Waals surface area (Å²) in [7, 11) is 1.47. The van der Waals surface area contributed by atoms with Crippen LogP contribution in [0, 0.1) is 5.82 Å². The lowest BCUT2D eigenvalue weighted by Crippen LogP contribution is -2.46. The van der Waals surface area contributed by atoms with E-state index < -0.39 is 28.6 Å². The molecule has 3 heterocycles. The van der Waals surface area contributed by atoms with Gasteiger partial charge in [-0.3, -0.25) is 14.2 Å². The van der Waals surface area contributed by atoms with Gasteiger partial charge in [-0.25, -0.2) is 14.2 Å². The molecule has 1 aliphatic rings. The summed E-state index contributed by atoms with van der Waals surface area (Å²) in [6, 6.07) is 7.24. The first-order valence-electron chi connectivity index (χ1n) is 11.0. The average Bonchev–Trinajstić information content (AvgIpc) is 2.78. The summed E-state index contributed by atoms with van der Waals surface area (Å²) in [5.41, 5.74) is -1.06. The van der Waals surface area contributed by atoms with E-state index in [4.69, 9.17) is 16.3 Å². The van der Waals surface area contributed by atoms with Crippen LogP contribution < -0.4 is 11.1 Å². The summed E-state index contributed by atoms with van der Waals surface area (Å²) in [6.07, 6.45) is 0.445. The minimum atomic E-state index is -0.722. The second-order valence-corrected chi connectivity index (χ2v) is 9.79. The van der Waals surface area contributed by atoms with Crippen LogP contribution in [0.3, 0.4) is 0 Å². The van der Waals surface area contributed by atoms with E-state index >= 15 is 0 Å². The van der Waals surface area contributed by atoms with Crippen molar-refractivity contribution in [2.24, 2.45) is 7.05 Å². The number of benzene rings is 1. The normalized spacial score (nSPS) is 15.1. The molecule has 1 amide bonds. The number of ether oxygens (including phenoxy) is 1. The van der Waals surface area contributed by atoms with E-state index in [2.05, 4.69) is 4.98 Å². The Morgan fingerprint density at radius 2 is 1.79 bits per heavy atom. The van der Waals surface area contributed by atoms with Crippen molar-refractivity contribution in [3.63, 3.8) is 0 Å². The molecule has 1 saturated heterocycles. The fraction of sp³-hybridized carbons (Fsp3) is 0.417. The summed E-state index contributed by atoms with van der Waals surface area (Å²) < 4.78 is 22.5. The number of halogens is 2. The molecule has 34 heavy (non-hydrogen) atoms. The molecule has 0 aliphatic carbocycles. The molecule has 0 unspecified atom stereocenters. The van der Waals surface area contributed by atoms with Gasteiger partial charge >= 0.3 is 17.2 Å². The molecule has 4 rings (SSSR count). The Morgan fingerprint density at radius 1 is 1.15 bits per heavy atom. The van der Waals surface area contributed by atoms with Crippen LogP contribution in [0.2, 0.25) is 5.02 Å². The number of likely N-dealkylation sites (tertiary alicyclic amines) is 1. The van der Waals surface area contributed by atoms with Crippen molar-refractivity contribution in [3.05, 3.63) is 61.9 Å². The second-order valence-electron chi connectivity index (χ2n) is 9.38. The number of amides is 1. The summed E-state index contributed by atoms with van der Waals surface area (Å²) in [6.45, 7) is 6.11. The Labute approximate surface area is 200 Å². The molecule has 0 bridgehead atoms.